The van der Waals surface area contributed by atoms with E-state index >= 15 is 0 Å². The van der Waals surface area contributed by atoms with Crippen molar-refractivity contribution >= 4 is 23.7 Å². The van der Waals surface area contributed by atoms with E-state index in [4.69, 9.17) is 4.52 Å². The van der Waals surface area contributed by atoms with Crippen LogP contribution in [0.1, 0.15) is 5.69 Å². The molecule has 5 nitrogen and oxygen atoms in total. The van der Waals surface area contributed by atoms with Gasteiger partial charge in [0.05, 0.1) is 5.69 Å². The molecule has 2 amide bonds. The van der Waals surface area contributed by atoms with Crippen LogP contribution in [0.15, 0.2) is 10.6 Å². The molecule has 2 aliphatic rings. The third kappa shape index (κ3) is 2.13. The maximum Gasteiger partial charge on any atom is 0.324 e. The highest BCUT2D eigenvalue weighted by Gasteiger charge is 2.38. The van der Waals surface area contributed by atoms with Crippen molar-refractivity contribution in [2.24, 2.45) is 11.8 Å². The summed E-state index contributed by atoms with van der Waals surface area (Å²) in [5.74, 6) is 4.18. The SMILES string of the molecule is Cc1cc(NC(=O)N2C[C@H]3CSC[C@H]3C2)on1. The van der Waals surface area contributed by atoms with Gasteiger partial charge in [-0.05, 0) is 30.3 Å². The lowest BCUT2D eigenvalue weighted by Crippen LogP contribution is -2.33. The smallest absolute Gasteiger partial charge is 0.324 e. The number of anilines is 1. The molecule has 0 radical (unpaired) electrons. The third-order valence-electron chi connectivity index (χ3n) is 3.39. The molecule has 0 aliphatic carbocycles. The van der Waals surface area contributed by atoms with Crippen molar-refractivity contribution in [3.05, 3.63) is 11.8 Å². The predicted octanol–water partition coefficient (Wildman–Crippen LogP) is 1.81. The zero-order chi connectivity index (χ0) is 11.8. The van der Waals surface area contributed by atoms with E-state index in [0.29, 0.717) is 17.7 Å². The van der Waals surface area contributed by atoms with Crippen molar-refractivity contribution in [3.63, 3.8) is 0 Å². The number of hydrogen-bond donors (Lipinski definition) is 1. The summed E-state index contributed by atoms with van der Waals surface area (Å²) in [6, 6.07) is 1.66. The molecule has 3 heterocycles. The van der Waals surface area contributed by atoms with Gasteiger partial charge in [0.15, 0.2) is 0 Å². The Morgan fingerprint density at radius 2 is 2.24 bits per heavy atom. The van der Waals surface area contributed by atoms with E-state index in [0.717, 1.165) is 18.8 Å². The molecular weight excluding hydrogens is 238 g/mol. The standard InChI is InChI=1S/C11H15N3O2S/c1-7-2-10(16-13-7)12-11(15)14-3-8-5-17-6-9(8)4-14/h2,8-9H,3-6H2,1H3,(H,12,15)/t8-,9+. The fourth-order valence-corrected chi connectivity index (χ4v) is 3.96. The van der Waals surface area contributed by atoms with Crippen LogP contribution >= 0.6 is 11.8 Å². The van der Waals surface area contributed by atoms with E-state index < -0.39 is 0 Å². The number of carbonyl (C=O) groups excluding carboxylic acids is 1. The van der Waals surface area contributed by atoms with Crippen LogP contribution in [-0.4, -0.2) is 40.7 Å². The number of carbonyl (C=O) groups is 1. The van der Waals surface area contributed by atoms with Crippen molar-refractivity contribution in [2.45, 2.75) is 6.92 Å². The lowest BCUT2D eigenvalue weighted by molar-refractivity contribution is 0.219. The average molecular weight is 253 g/mol. The molecule has 0 aromatic carbocycles. The second-order valence-corrected chi connectivity index (χ2v) is 5.80. The maximum absolute atomic E-state index is 12.0. The van der Waals surface area contributed by atoms with Gasteiger partial charge in [-0.2, -0.15) is 11.8 Å². The Kier molecular flexibility index (Phi) is 2.74. The Labute approximate surface area is 104 Å². The average Bonchev–Trinajstić information content (AvgIpc) is 2.92. The van der Waals surface area contributed by atoms with E-state index in [1.807, 2.05) is 23.6 Å². The number of likely N-dealkylation sites (tertiary alicyclic amines) is 1. The quantitative estimate of drug-likeness (QED) is 0.829. The number of hydrogen-bond acceptors (Lipinski definition) is 4. The number of thioether (sulfide) groups is 1. The molecule has 17 heavy (non-hydrogen) atoms. The largest absolute Gasteiger partial charge is 0.338 e. The topological polar surface area (TPSA) is 58.4 Å². The monoisotopic (exact) mass is 253 g/mol. The van der Waals surface area contributed by atoms with E-state index in [-0.39, 0.29) is 6.03 Å². The lowest BCUT2D eigenvalue weighted by Gasteiger charge is -2.16. The number of fused-ring (bicyclic) bond motifs is 1. The van der Waals surface area contributed by atoms with Gasteiger partial charge in [-0.1, -0.05) is 5.16 Å². The van der Waals surface area contributed by atoms with E-state index in [1.165, 1.54) is 11.5 Å². The first-order valence-corrected chi connectivity index (χ1v) is 6.95. The van der Waals surface area contributed by atoms with Gasteiger partial charge >= 0.3 is 6.03 Å². The third-order valence-corrected chi connectivity index (χ3v) is 4.71. The van der Waals surface area contributed by atoms with Crippen LogP contribution in [0.25, 0.3) is 0 Å². The van der Waals surface area contributed by atoms with E-state index in [9.17, 15) is 4.79 Å². The highest BCUT2D eigenvalue weighted by atomic mass is 32.2. The van der Waals surface area contributed by atoms with Crippen LogP contribution in [0, 0.1) is 18.8 Å². The number of aromatic nitrogens is 1. The molecule has 92 valence electrons. The second kappa shape index (κ2) is 4.25. The van der Waals surface area contributed by atoms with Crippen molar-refractivity contribution in [1.29, 1.82) is 0 Å². The maximum atomic E-state index is 12.0. The van der Waals surface area contributed by atoms with Gasteiger partial charge in [-0.15, -0.1) is 0 Å². The van der Waals surface area contributed by atoms with Crippen LogP contribution in [-0.2, 0) is 0 Å². The Morgan fingerprint density at radius 3 is 2.82 bits per heavy atom. The van der Waals surface area contributed by atoms with Crippen LogP contribution in [0.3, 0.4) is 0 Å². The van der Waals surface area contributed by atoms with Gasteiger partial charge in [0, 0.05) is 19.2 Å². The molecule has 0 spiro atoms. The molecule has 2 saturated heterocycles. The van der Waals surface area contributed by atoms with Gasteiger partial charge in [-0.3, -0.25) is 5.32 Å². The molecule has 2 aliphatic heterocycles. The number of urea groups is 1. The fourth-order valence-electron chi connectivity index (χ4n) is 2.46. The highest BCUT2D eigenvalue weighted by molar-refractivity contribution is 7.99. The molecule has 2 atom stereocenters. The van der Waals surface area contributed by atoms with Crippen LogP contribution in [0.4, 0.5) is 10.7 Å². The Hall–Kier alpha value is -1.17. The second-order valence-electron chi connectivity index (χ2n) is 4.73. The first-order chi connectivity index (χ1) is 8.22. The minimum Gasteiger partial charge on any atom is -0.338 e. The number of aryl methyl sites for hydroxylation is 1. The van der Waals surface area contributed by atoms with Crippen molar-refractivity contribution in [2.75, 3.05) is 29.9 Å². The zero-order valence-electron chi connectivity index (χ0n) is 9.68. The molecule has 1 aromatic heterocycles. The van der Waals surface area contributed by atoms with E-state index in [2.05, 4.69) is 10.5 Å². The molecule has 1 N–H and O–H groups in total. The van der Waals surface area contributed by atoms with Crippen LogP contribution in [0.2, 0.25) is 0 Å². The summed E-state index contributed by atoms with van der Waals surface area (Å²) < 4.78 is 4.98. The first kappa shape index (κ1) is 11.0. The number of nitrogens with zero attached hydrogens (tertiary/aromatic N) is 2. The fraction of sp³-hybridized carbons (Fsp3) is 0.636. The molecular formula is C11H15N3O2S. The molecule has 3 rings (SSSR count). The van der Waals surface area contributed by atoms with Gasteiger partial charge < -0.3 is 9.42 Å². The first-order valence-electron chi connectivity index (χ1n) is 5.79. The van der Waals surface area contributed by atoms with Gasteiger partial charge in [-0.25, -0.2) is 4.79 Å². The molecule has 0 unspecified atom stereocenters. The van der Waals surface area contributed by atoms with Gasteiger partial charge in [0.2, 0.25) is 5.88 Å². The predicted molar refractivity (Wildman–Crippen MR) is 66.1 cm³/mol. The van der Waals surface area contributed by atoms with Crippen molar-refractivity contribution in [3.8, 4) is 0 Å². The highest BCUT2D eigenvalue weighted by Crippen LogP contribution is 2.35. The lowest BCUT2D eigenvalue weighted by atomic mass is 10.0. The normalized spacial score (nSPS) is 27.2. The Balaban J connectivity index is 1.60. The number of rotatable bonds is 1. The molecule has 0 bridgehead atoms. The van der Waals surface area contributed by atoms with Gasteiger partial charge in [0.25, 0.3) is 0 Å². The summed E-state index contributed by atoms with van der Waals surface area (Å²) in [5.41, 5.74) is 0.773. The minimum atomic E-state index is -0.0689. The summed E-state index contributed by atoms with van der Waals surface area (Å²) in [4.78, 5) is 13.9. The number of nitrogens with one attached hydrogen (secondary N) is 1. The summed E-state index contributed by atoms with van der Waals surface area (Å²) in [6.45, 7) is 3.57. The minimum absolute atomic E-state index is 0.0689. The molecule has 2 fully saturated rings. The van der Waals surface area contributed by atoms with Crippen molar-refractivity contribution in [1.82, 2.24) is 10.1 Å². The van der Waals surface area contributed by atoms with Crippen molar-refractivity contribution < 1.29 is 9.32 Å². The number of amides is 2. The van der Waals surface area contributed by atoms with Crippen LogP contribution < -0.4 is 5.32 Å². The van der Waals surface area contributed by atoms with E-state index in [1.54, 1.807) is 6.07 Å². The van der Waals surface area contributed by atoms with Gasteiger partial charge in [0.1, 0.15) is 0 Å². The molecule has 1 aromatic rings. The van der Waals surface area contributed by atoms with Crippen LogP contribution in [0.5, 0.6) is 0 Å². The Bertz CT molecular complexity index is 422. The zero-order valence-corrected chi connectivity index (χ0v) is 10.5. The molecule has 6 heteroatoms. The molecule has 0 saturated carbocycles. The summed E-state index contributed by atoms with van der Waals surface area (Å²) in [5, 5.41) is 6.49. The summed E-state index contributed by atoms with van der Waals surface area (Å²) in [7, 11) is 0. The summed E-state index contributed by atoms with van der Waals surface area (Å²) in [6.07, 6.45) is 0. The Morgan fingerprint density at radius 1 is 1.53 bits per heavy atom. The summed E-state index contributed by atoms with van der Waals surface area (Å²) >= 11 is 2.00.